The van der Waals surface area contributed by atoms with Crippen LogP contribution in [0, 0.1) is 17.6 Å². The van der Waals surface area contributed by atoms with Gasteiger partial charge in [0.05, 0.1) is 0 Å². The van der Waals surface area contributed by atoms with Crippen LogP contribution in [0.2, 0.25) is 5.02 Å². The summed E-state index contributed by atoms with van der Waals surface area (Å²) in [4.78, 5) is 16.6. The highest BCUT2D eigenvalue weighted by Gasteiger charge is 2.25. The molecule has 1 atom stereocenters. The average Bonchev–Trinajstić information content (AvgIpc) is 2.65. The predicted octanol–water partition coefficient (Wildman–Crippen LogP) is 4.14. The summed E-state index contributed by atoms with van der Waals surface area (Å²) >= 11 is 6.10. The lowest BCUT2D eigenvalue weighted by molar-refractivity contribution is -0.136. The standard InChI is InChI=1S/C21H23ClF2N2O/c1-15(12-16-4-2-5-17(23)13-16)21(27)26-10-8-25(9-11-26)14-18-19(22)6-3-7-20(18)24/h2-7,13,15H,8-12,14H2,1H3. The van der Waals surface area contributed by atoms with Crippen LogP contribution in [0.15, 0.2) is 42.5 Å². The summed E-state index contributed by atoms with van der Waals surface area (Å²) < 4.78 is 27.3. The van der Waals surface area contributed by atoms with Crippen LogP contribution in [-0.2, 0) is 17.8 Å². The maximum atomic E-state index is 13.9. The summed E-state index contributed by atoms with van der Waals surface area (Å²) in [5.41, 5.74) is 1.32. The number of hydrogen-bond acceptors (Lipinski definition) is 2. The maximum Gasteiger partial charge on any atom is 0.225 e. The van der Waals surface area contributed by atoms with E-state index in [9.17, 15) is 13.6 Å². The monoisotopic (exact) mass is 392 g/mol. The van der Waals surface area contributed by atoms with Crippen LogP contribution in [0.4, 0.5) is 8.78 Å². The van der Waals surface area contributed by atoms with E-state index in [1.54, 1.807) is 18.2 Å². The molecule has 144 valence electrons. The molecule has 0 radical (unpaired) electrons. The van der Waals surface area contributed by atoms with E-state index in [0.717, 1.165) is 5.56 Å². The molecule has 1 saturated heterocycles. The van der Waals surface area contributed by atoms with Crippen LogP contribution < -0.4 is 0 Å². The van der Waals surface area contributed by atoms with Gasteiger partial charge in [0.2, 0.25) is 5.91 Å². The molecule has 1 fully saturated rings. The van der Waals surface area contributed by atoms with Crippen molar-refractivity contribution in [1.29, 1.82) is 0 Å². The molecule has 1 amide bonds. The molecule has 1 aliphatic heterocycles. The van der Waals surface area contributed by atoms with Gasteiger partial charge in [0, 0.05) is 49.2 Å². The second kappa shape index (κ2) is 8.81. The van der Waals surface area contributed by atoms with Crippen LogP contribution in [0.5, 0.6) is 0 Å². The Bertz CT molecular complexity index is 786. The van der Waals surface area contributed by atoms with Gasteiger partial charge in [0.1, 0.15) is 11.6 Å². The summed E-state index contributed by atoms with van der Waals surface area (Å²) in [6.45, 7) is 4.84. The molecule has 3 rings (SSSR count). The molecular weight excluding hydrogens is 370 g/mol. The third kappa shape index (κ3) is 5.05. The third-order valence-electron chi connectivity index (χ3n) is 4.98. The van der Waals surface area contributed by atoms with Crippen LogP contribution >= 0.6 is 11.6 Å². The molecule has 0 aromatic heterocycles. The summed E-state index contributed by atoms with van der Waals surface area (Å²) in [5.74, 6) is -0.723. The number of amides is 1. The van der Waals surface area contributed by atoms with Crippen molar-refractivity contribution < 1.29 is 13.6 Å². The second-order valence-electron chi connectivity index (χ2n) is 7.04. The van der Waals surface area contributed by atoms with Crippen molar-refractivity contribution in [2.45, 2.75) is 19.9 Å². The first-order valence-electron chi connectivity index (χ1n) is 9.12. The lowest BCUT2D eigenvalue weighted by Gasteiger charge is -2.36. The molecule has 0 spiro atoms. The van der Waals surface area contributed by atoms with Gasteiger partial charge in [0.25, 0.3) is 0 Å². The summed E-state index contributed by atoms with van der Waals surface area (Å²) in [7, 11) is 0. The first-order chi connectivity index (χ1) is 12.9. The zero-order chi connectivity index (χ0) is 19.4. The van der Waals surface area contributed by atoms with Crippen LogP contribution in [0.3, 0.4) is 0 Å². The zero-order valence-corrected chi connectivity index (χ0v) is 16.1. The van der Waals surface area contributed by atoms with Gasteiger partial charge >= 0.3 is 0 Å². The number of halogens is 3. The Balaban J connectivity index is 1.53. The molecule has 27 heavy (non-hydrogen) atoms. The Kier molecular flexibility index (Phi) is 6.45. The molecule has 6 heteroatoms. The molecular formula is C21H23ClF2N2O. The van der Waals surface area contributed by atoms with Crippen molar-refractivity contribution in [2.75, 3.05) is 26.2 Å². The van der Waals surface area contributed by atoms with E-state index in [-0.39, 0.29) is 23.5 Å². The summed E-state index contributed by atoms with van der Waals surface area (Å²) in [6, 6.07) is 11.1. The number of benzene rings is 2. The van der Waals surface area contributed by atoms with Gasteiger partial charge in [-0.1, -0.05) is 36.7 Å². The summed E-state index contributed by atoms with van der Waals surface area (Å²) in [6.07, 6.45) is 0.516. The number of carbonyl (C=O) groups is 1. The largest absolute Gasteiger partial charge is 0.340 e. The molecule has 1 unspecified atom stereocenters. The number of rotatable bonds is 5. The van der Waals surface area contributed by atoms with E-state index >= 15 is 0 Å². The molecule has 0 bridgehead atoms. The van der Waals surface area contributed by atoms with Crippen molar-refractivity contribution in [3.63, 3.8) is 0 Å². The fourth-order valence-corrected chi connectivity index (χ4v) is 3.67. The fourth-order valence-electron chi connectivity index (χ4n) is 3.45. The number of nitrogens with zero attached hydrogens (tertiary/aromatic N) is 2. The van der Waals surface area contributed by atoms with Gasteiger partial charge in [0.15, 0.2) is 0 Å². The minimum atomic E-state index is -0.301. The molecule has 2 aromatic rings. The van der Waals surface area contributed by atoms with E-state index in [2.05, 4.69) is 4.90 Å². The van der Waals surface area contributed by atoms with Gasteiger partial charge in [-0.15, -0.1) is 0 Å². The molecule has 0 N–H and O–H groups in total. The van der Waals surface area contributed by atoms with Crippen LogP contribution in [0.25, 0.3) is 0 Å². The average molecular weight is 393 g/mol. The Morgan fingerprint density at radius 3 is 2.48 bits per heavy atom. The number of hydrogen-bond donors (Lipinski definition) is 0. The van der Waals surface area contributed by atoms with Gasteiger partial charge in [-0.05, 0) is 36.2 Å². The maximum absolute atomic E-state index is 13.9. The Labute approximate surface area is 163 Å². The topological polar surface area (TPSA) is 23.6 Å². The molecule has 0 saturated carbocycles. The van der Waals surface area contributed by atoms with Gasteiger partial charge < -0.3 is 4.90 Å². The smallest absolute Gasteiger partial charge is 0.225 e. The predicted molar refractivity (Wildman–Crippen MR) is 103 cm³/mol. The molecule has 0 aliphatic carbocycles. The van der Waals surface area contributed by atoms with E-state index < -0.39 is 0 Å². The highest BCUT2D eigenvalue weighted by Crippen LogP contribution is 2.22. The van der Waals surface area contributed by atoms with E-state index in [4.69, 9.17) is 11.6 Å². The van der Waals surface area contributed by atoms with Crippen molar-refractivity contribution in [2.24, 2.45) is 5.92 Å². The Hall–Kier alpha value is -1.98. The van der Waals surface area contributed by atoms with E-state index in [1.807, 2.05) is 17.9 Å². The van der Waals surface area contributed by atoms with Crippen LogP contribution in [-0.4, -0.2) is 41.9 Å². The van der Waals surface area contributed by atoms with Gasteiger partial charge in [-0.3, -0.25) is 9.69 Å². The Morgan fingerprint density at radius 1 is 1.11 bits per heavy atom. The minimum absolute atomic E-state index is 0.0721. The quantitative estimate of drug-likeness (QED) is 0.763. The lowest BCUT2D eigenvalue weighted by Crippen LogP contribution is -2.50. The first kappa shape index (κ1) is 19.8. The number of piperazine rings is 1. The highest BCUT2D eigenvalue weighted by atomic mass is 35.5. The second-order valence-corrected chi connectivity index (χ2v) is 7.44. The van der Waals surface area contributed by atoms with Gasteiger partial charge in [-0.25, -0.2) is 8.78 Å². The first-order valence-corrected chi connectivity index (χ1v) is 9.50. The Morgan fingerprint density at radius 2 is 1.81 bits per heavy atom. The molecule has 2 aromatic carbocycles. The van der Waals surface area contributed by atoms with Crippen LogP contribution in [0.1, 0.15) is 18.1 Å². The van der Waals surface area contributed by atoms with Crippen molar-refractivity contribution in [3.05, 3.63) is 70.2 Å². The third-order valence-corrected chi connectivity index (χ3v) is 5.33. The zero-order valence-electron chi connectivity index (χ0n) is 15.3. The lowest BCUT2D eigenvalue weighted by atomic mass is 9.99. The van der Waals surface area contributed by atoms with Crippen molar-refractivity contribution in [3.8, 4) is 0 Å². The summed E-state index contributed by atoms with van der Waals surface area (Å²) in [5, 5.41) is 0.428. The SMILES string of the molecule is CC(Cc1cccc(F)c1)C(=O)N1CCN(Cc2c(F)cccc2Cl)CC1. The van der Waals surface area contributed by atoms with Gasteiger partial charge in [-0.2, -0.15) is 0 Å². The van der Waals surface area contributed by atoms with Crippen molar-refractivity contribution >= 4 is 17.5 Å². The van der Waals surface area contributed by atoms with Crippen molar-refractivity contribution in [1.82, 2.24) is 9.80 Å². The molecule has 3 nitrogen and oxygen atoms in total. The molecule has 1 heterocycles. The number of carbonyl (C=O) groups excluding carboxylic acids is 1. The van der Waals surface area contributed by atoms with E-state index in [1.165, 1.54) is 18.2 Å². The highest BCUT2D eigenvalue weighted by molar-refractivity contribution is 6.31. The fraction of sp³-hybridized carbons (Fsp3) is 0.381. The van der Waals surface area contributed by atoms with E-state index in [0.29, 0.717) is 49.7 Å². The molecule has 1 aliphatic rings. The normalized spacial score (nSPS) is 16.4. The minimum Gasteiger partial charge on any atom is -0.340 e.